The molecule has 5 nitrogen and oxygen atoms in total. The van der Waals surface area contributed by atoms with E-state index < -0.39 is 0 Å². The van der Waals surface area contributed by atoms with Gasteiger partial charge in [0.25, 0.3) is 5.91 Å². The van der Waals surface area contributed by atoms with Crippen LogP contribution in [0, 0.1) is 6.92 Å². The van der Waals surface area contributed by atoms with E-state index in [-0.39, 0.29) is 11.8 Å². The highest BCUT2D eigenvalue weighted by Crippen LogP contribution is 2.31. The number of rotatable bonds is 3. The van der Waals surface area contributed by atoms with Gasteiger partial charge in [0.05, 0.1) is 7.11 Å². The summed E-state index contributed by atoms with van der Waals surface area (Å²) in [4.78, 5) is 23.6. The second-order valence-electron chi connectivity index (χ2n) is 7.03. The van der Waals surface area contributed by atoms with Crippen LogP contribution in [-0.4, -0.2) is 41.0 Å². The average Bonchev–Trinajstić information content (AvgIpc) is 2.74. The fourth-order valence-electron chi connectivity index (χ4n) is 3.86. The van der Waals surface area contributed by atoms with Crippen LogP contribution in [0.1, 0.15) is 40.5 Å². The van der Waals surface area contributed by atoms with E-state index in [0.717, 1.165) is 47.2 Å². The summed E-state index contributed by atoms with van der Waals surface area (Å²) < 4.78 is 5.46. The van der Waals surface area contributed by atoms with Gasteiger partial charge in [-0.05, 0) is 61.0 Å². The number of carbonyl (C=O) groups excluding carboxylic acids is 1. The van der Waals surface area contributed by atoms with Gasteiger partial charge in [-0.15, -0.1) is 0 Å². The molecule has 1 aromatic carbocycles. The standard InChI is InChI=1S/C22H23N3O2/c1-15-18-12-20(24-13-16(18)8-9-21(15)27-2)17-6-5-11-25(14-17)22(26)19-7-3-4-10-23-19/h3-4,7-10,12-13,17H,5-6,11,14H2,1-2H3/t17-/m1/s1. The Morgan fingerprint density at radius 1 is 1.22 bits per heavy atom. The molecule has 1 aliphatic rings. The number of likely N-dealkylation sites (tertiary alicyclic amines) is 1. The molecule has 1 fully saturated rings. The third-order valence-corrected chi connectivity index (χ3v) is 5.37. The minimum Gasteiger partial charge on any atom is -0.496 e. The fourth-order valence-corrected chi connectivity index (χ4v) is 3.86. The molecule has 3 heterocycles. The van der Waals surface area contributed by atoms with Crippen molar-refractivity contribution in [3.8, 4) is 5.75 Å². The Morgan fingerprint density at radius 2 is 2.11 bits per heavy atom. The van der Waals surface area contributed by atoms with Crippen LogP contribution in [-0.2, 0) is 0 Å². The second-order valence-corrected chi connectivity index (χ2v) is 7.03. The fraction of sp³-hybridized carbons (Fsp3) is 0.318. The molecule has 1 saturated heterocycles. The van der Waals surface area contributed by atoms with Gasteiger partial charge in [0.1, 0.15) is 11.4 Å². The van der Waals surface area contributed by atoms with Gasteiger partial charge in [0, 0.05) is 42.5 Å². The number of fused-ring (bicyclic) bond motifs is 1. The van der Waals surface area contributed by atoms with Crippen LogP contribution in [0.5, 0.6) is 5.75 Å². The molecule has 1 amide bonds. The minimum atomic E-state index is -0.000982. The number of benzene rings is 1. The number of amides is 1. The predicted octanol–water partition coefficient (Wildman–Crippen LogP) is 3.97. The molecule has 138 valence electrons. The Bertz CT molecular complexity index is 972. The monoisotopic (exact) mass is 361 g/mol. The lowest BCUT2D eigenvalue weighted by Crippen LogP contribution is -2.39. The lowest BCUT2D eigenvalue weighted by molar-refractivity contribution is 0.0700. The van der Waals surface area contributed by atoms with Crippen molar-refractivity contribution >= 4 is 16.7 Å². The SMILES string of the molecule is COc1ccc2cnc([C@@H]3CCCN(C(=O)c4ccccn4)C3)cc2c1C. The molecule has 0 spiro atoms. The quantitative estimate of drug-likeness (QED) is 0.708. The number of hydrogen-bond acceptors (Lipinski definition) is 4. The van der Waals surface area contributed by atoms with Crippen LogP contribution in [0.4, 0.5) is 0 Å². The van der Waals surface area contributed by atoms with E-state index in [1.807, 2.05) is 35.4 Å². The number of aryl methyl sites for hydroxylation is 1. The van der Waals surface area contributed by atoms with Crippen LogP contribution in [0.15, 0.2) is 48.8 Å². The maximum atomic E-state index is 12.8. The molecule has 0 radical (unpaired) electrons. The Labute approximate surface area is 159 Å². The van der Waals surface area contributed by atoms with Crippen molar-refractivity contribution in [2.24, 2.45) is 0 Å². The van der Waals surface area contributed by atoms with Gasteiger partial charge in [0.15, 0.2) is 0 Å². The van der Waals surface area contributed by atoms with Crippen molar-refractivity contribution in [1.82, 2.24) is 14.9 Å². The van der Waals surface area contributed by atoms with Crippen LogP contribution < -0.4 is 4.74 Å². The maximum Gasteiger partial charge on any atom is 0.272 e. The maximum absolute atomic E-state index is 12.8. The smallest absolute Gasteiger partial charge is 0.272 e. The highest BCUT2D eigenvalue weighted by atomic mass is 16.5. The predicted molar refractivity (Wildman–Crippen MR) is 105 cm³/mol. The van der Waals surface area contributed by atoms with Gasteiger partial charge >= 0.3 is 0 Å². The van der Waals surface area contributed by atoms with E-state index in [0.29, 0.717) is 12.2 Å². The van der Waals surface area contributed by atoms with E-state index in [4.69, 9.17) is 9.72 Å². The molecule has 1 atom stereocenters. The van der Waals surface area contributed by atoms with Crippen molar-refractivity contribution in [1.29, 1.82) is 0 Å². The van der Waals surface area contributed by atoms with Crippen LogP contribution in [0.2, 0.25) is 0 Å². The number of ether oxygens (including phenoxy) is 1. The lowest BCUT2D eigenvalue weighted by Gasteiger charge is -2.32. The molecule has 27 heavy (non-hydrogen) atoms. The largest absolute Gasteiger partial charge is 0.496 e. The summed E-state index contributed by atoms with van der Waals surface area (Å²) in [6, 6.07) is 11.6. The molecule has 0 aliphatic carbocycles. The normalized spacial score (nSPS) is 17.1. The number of piperidine rings is 1. The van der Waals surface area contributed by atoms with Crippen molar-refractivity contribution in [3.63, 3.8) is 0 Å². The molecule has 5 heteroatoms. The summed E-state index contributed by atoms with van der Waals surface area (Å²) in [5, 5.41) is 2.27. The number of hydrogen-bond donors (Lipinski definition) is 0. The summed E-state index contributed by atoms with van der Waals surface area (Å²) in [6.45, 7) is 3.52. The molecular formula is C22H23N3O2. The summed E-state index contributed by atoms with van der Waals surface area (Å²) in [5.74, 6) is 1.12. The summed E-state index contributed by atoms with van der Waals surface area (Å²) in [5.41, 5.74) is 2.67. The molecule has 1 aliphatic heterocycles. The van der Waals surface area contributed by atoms with E-state index in [2.05, 4.69) is 18.0 Å². The van der Waals surface area contributed by atoms with Crippen LogP contribution in [0.3, 0.4) is 0 Å². The molecule has 4 rings (SSSR count). The molecule has 0 N–H and O–H groups in total. The third-order valence-electron chi connectivity index (χ3n) is 5.37. The molecule has 3 aromatic rings. The van der Waals surface area contributed by atoms with Gasteiger partial charge in [-0.1, -0.05) is 6.07 Å². The number of methoxy groups -OCH3 is 1. The number of aromatic nitrogens is 2. The third kappa shape index (κ3) is 3.37. The number of carbonyl (C=O) groups is 1. The molecule has 0 unspecified atom stereocenters. The van der Waals surface area contributed by atoms with E-state index in [1.165, 1.54) is 0 Å². The Morgan fingerprint density at radius 3 is 2.89 bits per heavy atom. The van der Waals surface area contributed by atoms with Crippen molar-refractivity contribution in [2.45, 2.75) is 25.7 Å². The van der Waals surface area contributed by atoms with E-state index >= 15 is 0 Å². The van der Waals surface area contributed by atoms with Crippen molar-refractivity contribution < 1.29 is 9.53 Å². The first-order chi connectivity index (χ1) is 13.2. The zero-order chi connectivity index (χ0) is 18.8. The zero-order valence-corrected chi connectivity index (χ0v) is 15.7. The lowest BCUT2D eigenvalue weighted by atomic mass is 9.92. The second kappa shape index (κ2) is 7.35. The Hall–Kier alpha value is -2.95. The molecule has 2 aromatic heterocycles. The van der Waals surface area contributed by atoms with E-state index in [1.54, 1.807) is 19.4 Å². The van der Waals surface area contributed by atoms with Crippen LogP contribution in [0.25, 0.3) is 10.8 Å². The summed E-state index contributed by atoms with van der Waals surface area (Å²) in [6.07, 6.45) is 5.60. The minimum absolute atomic E-state index is 0.000982. The first-order valence-corrected chi connectivity index (χ1v) is 9.31. The Balaban J connectivity index is 1.61. The summed E-state index contributed by atoms with van der Waals surface area (Å²) >= 11 is 0. The van der Waals surface area contributed by atoms with E-state index in [9.17, 15) is 4.79 Å². The average molecular weight is 361 g/mol. The van der Waals surface area contributed by atoms with Gasteiger partial charge in [-0.2, -0.15) is 0 Å². The topological polar surface area (TPSA) is 55.3 Å². The highest BCUT2D eigenvalue weighted by molar-refractivity contribution is 5.92. The van der Waals surface area contributed by atoms with Gasteiger partial charge in [0.2, 0.25) is 0 Å². The van der Waals surface area contributed by atoms with Gasteiger partial charge < -0.3 is 9.64 Å². The highest BCUT2D eigenvalue weighted by Gasteiger charge is 2.27. The first-order valence-electron chi connectivity index (χ1n) is 9.31. The molecule has 0 bridgehead atoms. The number of nitrogens with zero attached hydrogens (tertiary/aromatic N) is 3. The molecule has 0 saturated carbocycles. The van der Waals surface area contributed by atoms with Gasteiger partial charge in [-0.3, -0.25) is 14.8 Å². The summed E-state index contributed by atoms with van der Waals surface area (Å²) in [7, 11) is 1.69. The molecular weight excluding hydrogens is 338 g/mol. The van der Waals surface area contributed by atoms with Crippen LogP contribution >= 0.6 is 0 Å². The first kappa shape index (κ1) is 17.5. The van der Waals surface area contributed by atoms with Crippen molar-refractivity contribution in [3.05, 3.63) is 65.7 Å². The number of pyridine rings is 2. The Kier molecular flexibility index (Phi) is 4.75. The zero-order valence-electron chi connectivity index (χ0n) is 15.7. The van der Waals surface area contributed by atoms with Gasteiger partial charge in [-0.25, -0.2) is 0 Å². The van der Waals surface area contributed by atoms with Crippen molar-refractivity contribution in [2.75, 3.05) is 20.2 Å².